The highest BCUT2D eigenvalue weighted by Gasteiger charge is 2.21. The fraction of sp³-hybridized carbons (Fsp3) is 0.294. The van der Waals surface area contributed by atoms with E-state index in [1.807, 2.05) is 25.1 Å². The average Bonchev–Trinajstić information content (AvgIpc) is 2.54. The maximum atomic E-state index is 11.3. The molecule has 2 unspecified atom stereocenters. The molecule has 3 N–H and O–H groups in total. The Morgan fingerprint density at radius 2 is 1.87 bits per heavy atom. The van der Waals surface area contributed by atoms with Crippen LogP contribution in [0.5, 0.6) is 5.75 Å². The Balaban J connectivity index is 1.67. The Kier molecular flexibility index (Phi) is 4.39. The van der Waals surface area contributed by atoms with E-state index in [2.05, 4.69) is 11.4 Å². The van der Waals surface area contributed by atoms with Crippen molar-refractivity contribution < 1.29 is 13.2 Å². The van der Waals surface area contributed by atoms with Crippen LogP contribution in [0.3, 0.4) is 0 Å². The molecule has 1 aliphatic heterocycles. The van der Waals surface area contributed by atoms with E-state index in [4.69, 9.17) is 9.88 Å². The number of para-hydroxylation sites is 1. The molecule has 2 aromatic carbocycles. The van der Waals surface area contributed by atoms with Gasteiger partial charge in [-0.15, -0.1) is 0 Å². The van der Waals surface area contributed by atoms with Crippen molar-refractivity contribution in [2.45, 2.75) is 30.3 Å². The van der Waals surface area contributed by atoms with Gasteiger partial charge < -0.3 is 10.1 Å². The number of fused-ring (bicyclic) bond motifs is 1. The standard InChI is InChI=1S/C17H20N2O3S/c1-12(13-6-8-16(9-7-13)23(18,20)21)19-15-10-14-4-2-3-5-17(14)22-11-15/h2-9,12,15,19H,10-11H2,1H3,(H2,18,20,21). The highest BCUT2D eigenvalue weighted by Crippen LogP contribution is 2.25. The molecular weight excluding hydrogens is 312 g/mol. The van der Waals surface area contributed by atoms with E-state index in [1.54, 1.807) is 12.1 Å². The first-order chi connectivity index (χ1) is 10.9. The molecule has 0 radical (unpaired) electrons. The molecule has 1 heterocycles. The molecule has 23 heavy (non-hydrogen) atoms. The highest BCUT2D eigenvalue weighted by molar-refractivity contribution is 7.89. The van der Waals surface area contributed by atoms with Crippen LogP contribution in [0, 0.1) is 0 Å². The van der Waals surface area contributed by atoms with Crippen LogP contribution in [0.4, 0.5) is 0 Å². The van der Waals surface area contributed by atoms with Gasteiger partial charge in [-0.25, -0.2) is 13.6 Å². The summed E-state index contributed by atoms with van der Waals surface area (Å²) in [6.07, 6.45) is 0.912. The lowest BCUT2D eigenvalue weighted by atomic mass is 10.0. The molecule has 0 saturated heterocycles. The summed E-state index contributed by atoms with van der Waals surface area (Å²) in [4.78, 5) is 0.128. The van der Waals surface area contributed by atoms with Crippen molar-refractivity contribution in [3.05, 3.63) is 59.7 Å². The number of benzene rings is 2. The predicted molar refractivity (Wildman–Crippen MR) is 88.8 cm³/mol. The molecule has 2 aromatic rings. The minimum absolute atomic E-state index is 0.0865. The number of primary sulfonamides is 1. The first kappa shape index (κ1) is 16.0. The summed E-state index contributed by atoms with van der Waals surface area (Å²) in [5.74, 6) is 0.954. The molecule has 1 aliphatic rings. The van der Waals surface area contributed by atoms with Crippen LogP contribution in [0.15, 0.2) is 53.4 Å². The molecule has 0 spiro atoms. The van der Waals surface area contributed by atoms with Crippen LogP contribution in [0.25, 0.3) is 0 Å². The Hall–Kier alpha value is -1.89. The van der Waals surface area contributed by atoms with Gasteiger partial charge in [-0.1, -0.05) is 30.3 Å². The Labute approximate surface area is 136 Å². The lowest BCUT2D eigenvalue weighted by Crippen LogP contribution is -2.40. The topological polar surface area (TPSA) is 81.4 Å². The minimum Gasteiger partial charge on any atom is -0.492 e. The van der Waals surface area contributed by atoms with E-state index < -0.39 is 10.0 Å². The summed E-state index contributed by atoms with van der Waals surface area (Å²) in [5.41, 5.74) is 2.21. The molecule has 0 bridgehead atoms. The summed E-state index contributed by atoms with van der Waals surface area (Å²) in [7, 11) is -3.65. The summed E-state index contributed by atoms with van der Waals surface area (Å²) < 4.78 is 28.4. The number of nitrogens with one attached hydrogen (secondary N) is 1. The second kappa shape index (κ2) is 6.31. The van der Waals surface area contributed by atoms with Crippen molar-refractivity contribution >= 4 is 10.0 Å². The van der Waals surface area contributed by atoms with E-state index in [1.165, 1.54) is 17.7 Å². The largest absolute Gasteiger partial charge is 0.492 e. The zero-order chi connectivity index (χ0) is 16.4. The second-order valence-electron chi connectivity index (χ2n) is 5.82. The van der Waals surface area contributed by atoms with Crippen LogP contribution >= 0.6 is 0 Å². The lowest BCUT2D eigenvalue weighted by molar-refractivity contribution is 0.229. The van der Waals surface area contributed by atoms with Gasteiger partial charge in [0, 0.05) is 12.1 Å². The van der Waals surface area contributed by atoms with E-state index in [-0.39, 0.29) is 17.0 Å². The van der Waals surface area contributed by atoms with Crippen LogP contribution in [-0.2, 0) is 16.4 Å². The number of nitrogens with two attached hydrogens (primary N) is 1. The molecule has 5 nitrogen and oxygen atoms in total. The monoisotopic (exact) mass is 332 g/mol. The maximum Gasteiger partial charge on any atom is 0.238 e. The molecule has 3 rings (SSSR count). The molecule has 0 aliphatic carbocycles. The van der Waals surface area contributed by atoms with E-state index >= 15 is 0 Å². The summed E-state index contributed by atoms with van der Waals surface area (Å²) in [6.45, 7) is 2.67. The van der Waals surface area contributed by atoms with E-state index in [0.717, 1.165) is 17.7 Å². The van der Waals surface area contributed by atoms with Gasteiger partial charge in [0.25, 0.3) is 0 Å². The molecule has 0 saturated carbocycles. The number of rotatable bonds is 4. The number of ether oxygens (including phenoxy) is 1. The molecule has 2 atom stereocenters. The van der Waals surface area contributed by atoms with Crippen molar-refractivity contribution in [2.24, 2.45) is 5.14 Å². The minimum atomic E-state index is -3.65. The summed E-state index contributed by atoms with van der Waals surface area (Å²) >= 11 is 0. The molecule has 0 aromatic heterocycles. The van der Waals surface area contributed by atoms with Crippen LogP contribution in [0.2, 0.25) is 0 Å². The van der Waals surface area contributed by atoms with E-state index in [0.29, 0.717) is 6.61 Å². The average molecular weight is 332 g/mol. The summed E-state index contributed by atoms with van der Waals surface area (Å²) in [6, 6.07) is 15.0. The zero-order valence-electron chi connectivity index (χ0n) is 12.9. The molecular formula is C17H20N2O3S. The number of hydrogen-bond donors (Lipinski definition) is 2. The van der Waals surface area contributed by atoms with Gasteiger partial charge in [0.15, 0.2) is 0 Å². The zero-order valence-corrected chi connectivity index (χ0v) is 13.7. The Bertz CT molecular complexity index is 788. The molecule has 0 amide bonds. The van der Waals surface area contributed by atoms with Gasteiger partial charge in [-0.2, -0.15) is 0 Å². The number of sulfonamides is 1. The van der Waals surface area contributed by atoms with Gasteiger partial charge >= 0.3 is 0 Å². The lowest BCUT2D eigenvalue weighted by Gasteiger charge is -2.29. The Morgan fingerprint density at radius 3 is 2.57 bits per heavy atom. The Morgan fingerprint density at radius 1 is 1.17 bits per heavy atom. The van der Waals surface area contributed by atoms with Gasteiger partial charge in [0.1, 0.15) is 12.4 Å². The second-order valence-corrected chi connectivity index (χ2v) is 7.38. The van der Waals surface area contributed by atoms with Crippen molar-refractivity contribution in [2.75, 3.05) is 6.61 Å². The predicted octanol–water partition coefficient (Wildman–Crippen LogP) is 1.99. The number of hydrogen-bond acceptors (Lipinski definition) is 4. The molecule has 0 fully saturated rings. The van der Waals surface area contributed by atoms with Gasteiger partial charge in [-0.3, -0.25) is 0 Å². The van der Waals surface area contributed by atoms with Crippen LogP contribution < -0.4 is 15.2 Å². The summed E-state index contributed by atoms with van der Waals surface area (Å²) in [5, 5.41) is 8.65. The maximum absolute atomic E-state index is 11.3. The molecule has 6 heteroatoms. The van der Waals surface area contributed by atoms with Crippen molar-refractivity contribution in [1.29, 1.82) is 0 Å². The van der Waals surface area contributed by atoms with Crippen molar-refractivity contribution in [3.8, 4) is 5.75 Å². The van der Waals surface area contributed by atoms with Gasteiger partial charge in [0.2, 0.25) is 10.0 Å². The first-order valence-corrected chi connectivity index (χ1v) is 9.07. The fourth-order valence-electron chi connectivity index (χ4n) is 2.83. The van der Waals surface area contributed by atoms with Crippen LogP contribution in [0.1, 0.15) is 24.1 Å². The first-order valence-electron chi connectivity index (χ1n) is 7.53. The van der Waals surface area contributed by atoms with Crippen molar-refractivity contribution in [1.82, 2.24) is 5.32 Å². The normalized spacial score (nSPS) is 18.8. The van der Waals surface area contributed by atoms with Gasteiger partial charge in [0.05, 0.1) is 4.90 Å². The third-order valence-electron chi connectivity index (χ3n) is 4.07. The van der Waals surface area contributed by atoms with Crippen LogP contribution in [-0.4, -0.2) is 21.1 Å². The third-order valence-corrected chi connectivity index (χ3v) is 5.00. The quantitative estimate of drug-likeness (QED) is 0.897. The van der Waals surface area contributed by atoms with E-state index in [9.17, 15) is 8.42 Å². The SMILES string of the molecule is CC(NC1COc2ccccc2C1)c1ccc(S(N)(=O)=O)cc1. The third kappa shape index (κ3) is 3.72. The fourth-order valence-corrected chi connectivity index (χ4v) is 3.35. The smallest absolute Gasteiger partial charge is 0.238 e. The van der Waals surface area contributed by atoms with Gasteiger partial charge in [-0.05, 0) is 42.7 Å². The highest BCUT2D eigenvalue weighted by atomic mass is 32.2. The van der Waals surface area contributed by atoms with Crippen molar-refractivity contribution in [3.63, 3.8) is 0 Å². The molecule has 122 valence electrons.